The van der Waals surface area contributed by atoms with Crippen molar-refractivity contribution >= 4 is 15.7 Å². The molecule has 1 fully saturated rings. The summed E-state index contributed by atoms with van der Waals surface area (Å²) >= 11 is 0. The molecule has 1 N–H and O–H groups in total. The Morgan fingerprint density at radius 1 is 1.10 bits per heavy atom. The molecule has 1 saturated carbocycles. The smallest absolute Gasteiger partial charge is 0.404 e. The van der Waals surface area contributed by atoms with Gasteiger partial charge in [0.2, 0.25) is 21.8 Å². The maximum atomic E-state index is 14.8. The van der Waals surface area contributed by atoms with Crippen molar-refractivity contribution < 1.29 is 35.5 Å². The van der Waals surface area contributed by atoms with Crippen LogP contribution in [0.15, 0.2) is 48.7 Å². The highest BCUT2D eigenvalue weighted by atomic mass is 32.2. The van der Waals surface area contributed by atoms with Gasteiger partial charge in [-0.3, -0.25) is 4.72 Å². The summed E-state index contributed by atoms with van der Waals surface area (Å²) in [5, 5.41) is 0. The number of nitrogens with zero attached hydrogens (tertiary/aromatic N) is 2. The molecule has 0 atom stereocenters. The number of anilines is 1. The first-order chi connectivity index (χ1) is 18.5. The van der Waals surface area contributed by atoms with Crippen molar-refractivity contribution in [1.82, 2.24) is 9.97 Å². The SMILES string of the molecule is COc1ncc(-c2nc(OC3CCC4(CCc5ccccc54)CC3)ccc2F)cc1NS(=O)(=O)CC(F)(F)F. The molecule has 1 spiro atoms. The number of aryl methyl sites for hydroxylation is 1. The number of halogens is 4. The van der Waals surface area contributed by atoms with Crippen molar-refractivity contribution in [2.75, 3.05) is 17.6 Å². The van der Waals surface area contributed by atoms with Crippen LogP contribution in [-0.2, 0) is 21.9 Å². The lowest BCUT2D eigenvalue weighted by molar-refractivity contribution is -0.106. The fraction of sp³-hybridized carbons (Fsp3) is 0.407. The molecule has 2 heterocycles. The van der Waals surface area contributed by atoms with Crippen LogP contribution in [0.5, 0.6) is 11.8 Å². The third-order valence-electron chi connectivity index (χ3n) is 7.40. The average Bonchev–Trinajstić information content (AvgIpc) is 3.23. The lowest BCUT2D eigenvalue weighted by Crippen LogP contribution is -2.34. The van der Waals surface area contributed by atoms with Crippen LogP contribution in [0.2, 0.25) is 0 Å². The summed E-state index contributed by atoms with van der Waals surface area (Å²) in [4.78, 5) is 8.20. The molecule has 12 heteroatoms. The first kappa shape index (κ1) is 27.2. The van der Waals surface area contributed by atoms with Gasteiger partial charge in [0.05, 0.1) is 7.11 Å². The van der Waals surface area contributed by atoms with Crippen LogP contribution in [0.4, 0.5) is 23.2 Å². The molecule has 2 aromatic heterocycles. The molecule has 208 valence electrons. The quantitative estimate of drug-likeness (QED) is 0.364. The lowest BCUT2D eigenvalue weighted by atomic mass is 9.69. The number of methoxy groups -OCH3 is 1. The van der Waals surface area contributed by atoms with Gasteiger partial charge >= 0.3 is 6.18 Å². The first-order valence-electron chi connectivity index (χ1n) is 12.5. The Balaban J connectivity index is 1.33. The summed E-state index contributed by atoms with van der Waals surface area (Å²) in [6.45, 7) is 0. The zero-order chi connectivity index (χ0) is 27.8. The van der Waals surface area contributed by atoms with Crippen LogP contribution in [0, 0.1) is 5.82 Å². The second-order valence-electron chi connectivity index (χ2n) is 9.99. The normalized spacial score (nSPS) is 21.0. The number of pyridine rings is 2. The number of ether oxygens (including phenoxy) is 2. The summed E-state index contributed by atoms with van der Waals surface area (Å²) < 4.78 is 89.8. The summed E-state index contributed by atoms with van der Waals surface area (Å²) in [5.74, 6) is -2.92. The van der Waals surface area contributed by atoms with Crippen LogP contribution >= 0.6 is 0 Å². The van der Waals surface area contributed by atoms with Crippen molar-refractivity contribution in [3.05, 3.63) is 65.6 Å². The molecule has 2 aliphatic rings. The minimum atomic E-state index is -4.96. The summed E-state index contributed by atoms with van der Waals surface area (Å²) in [6.07, 6.45) is 1.93. The lowest BCUT2D eigenvalue weighted by Gasteiger charge is -2.38. The molecular formula is C27H27F4N3O4S. The fourth-order valence-corrected chi connectivity index (χ4v) is 6.63. The molecule has 39 heavy (non-hydrogen) atoms. The number of benzene rings is 1. The third-order valence-corrected chi connectivity index (χ3v) is 8.63. The molecule has 2 aliphatic carbocycles. The van der Waals surface area contributed by atoms with Gasteiger partial charge in [-0.15, -0.1) is 0 Å². The standard InChI is InChI=1S/C27H27F4N3O4S/c1-37-25-22(34-39(35,36)16-27(29,30)31)14-18(15-32-25)24-21(28)6-7-23(33-24)38-19-9-12-26(13-10-19)11-8-17-4-2-3-5-20(17)26/h2-7,14-15,19,34H,8-13,16H2,1H3. The van der Waals surface area contributed by atoms with E-state index in [0.29, 0.717) is 0 Å². The van der Waals surface area contributed by atoms with Gasteiger partial charge in [0.25, 0.3) is 0 Å². The van der Waals surface area contributed by atoms with Gasteiger partial charge in [-0.25, -0.2) is 22.8 Å². The van der Waals surface area contributed by atoms with Gasteiger partial charge in [0, 0.05) is 17.8 Å². The average molecular weight is 566 g/mol. The van der Waals surface area contributed by atoms with E-state index in [9.17, 15) is 26.0 Å². The van der Waals surface area contributed by atoms with Crippen molar-refractivity contribution in [2.45, 2.75) is 56.2 Å². The molecule has 1 aromatic carbocycles. The molecule has 0 saturated heterocycles. The van der Waals surface area contributed by atoms with Crippen LogP contribution < -0.4 is 14.2 Å². The number of sulfonamides is 1. The van der Waals surface area contributed by atoms with E-state index in [1.165, 1.54) is 36.6 Å². The van der Waals surface area contributed by atoms with Crippen molar-refractivity contribution in [1.29, 1.82) is 0 Å². The van der Waals surface area contributed by atoms with Gasteiger partial charge in [-0.05, 0) is 67.2 Å². The Kier molecular flexibility index (Phi) is 7.17. The van der Waals surface area contributed by atoms with Gasteiger partial charge in [0.15, 0.2) is 5.75 Å². The van der Waals surface area contributed by atoms with Gasteiger partial charge in [-0.2, -0.15) is 13.2 Å². The van der Waals surface area contributed by atoms with Crippen LogP contribution in [0.25, 0.3) is 11.3 Å². The Bertz CT molecular complexity index is 1470. The Labute approximate surface area is 223 Å². The molecule has 3 aromatic rings. The van der Waals surface area contributed by atoms with E-state index < -0.39 is 27.8 Å². The van der Waals surface area contributed by atoms with E-state index in [-0.39, 0.29) is 40.2 Å². The Hall–Kier alpha value is -3.41. The maximum absolute atomic E-state index is 14.8. The number of rotatable bonds is 7. The fourth-order valence-electron chi connectivity index (χ4n) is 5.65. The van der Waals surface area contributed by atoms with E-state index in [2.05, 4.69) is 34.2 Å². The summed E-state index contributed by atoms with van der Waals surface area (Å²) in [5.41, 5.74) is 2.49. The first-order valence-corrected chi connectivity index (χ1v) is 14.2. The number of nitrogens with one attached hydrogen (secondary N) is 1. The minimum Gasteiger partial charge on any atom is -0.480 e. The maximum Gasteiger partial charge on any atom is 0.404 e. The van der Waals surface area contributed by atoms with Crippen LogP contribution in [0.3, 0.4) is 0 Å². The largest absolute Gasteiger partial charge is 0.480 e. The Morgan fingerprint density at radius 2 is 1.85 bits per heavy atom. The number of fused-ring (bicyclic) bond motifs is 2. The molecule has 0 unspecified atom stereocenters. The Morgan fingerprint density at radius 3 is 2.56 bits per heavy atom. The number of aromatic nitrogens is 2. The molecule has 0 amide bonds. The van der Waals surface area contributed by atoms with Crippen LogP contribution in [-0.4, -0.2) is 43.5 Å². The van der Waals surface area contributed by atoms with E-state index >= 15 is 0 Å². The van der Waals surface area contributed by atoms with Crippen molar-refractivity contribution in [2.24, 2.45) is 0 Å². The highest BCUT2D eigenvalue weighted by Gasteiger charge is 2.42. The summed E-state index contributed by atoms with van der Waals surface area (Å²) in [6, 6.07) is 12.3. The number of hydrogen-bond acceptors (Lipinski definition) is 6. The molecule has 5 rings (SSSR count). The highest BCUT2D eigenvalue weighted by molar-refractivity contribution is 7.92. The predicted molar refractivity (Wildman–Crippen MR) is 137 cm³/mol. The summed E-state index contributed by atoms with van der Waals surface area (Å²) in [7, 11) is -3.65. The minimum absolute atomic E-state index is 0.0358. The van der Waals surface area contributed by atoms with E-state index in [4.69, 9.17) is 9.47 Å². The van der Waals surface area contributed by atoms with Gasteiger partial charge < -0.3 is 9.47 Å². The molecule has 0 bridgehead atoms. The predicted octanol–water partition coefficient (Wildman–Crippen LogP) is 5.80. The van der Waals surface area contributed by atoms with E-state index in [0.717, 1.165) is 44.6 Å². The second-order valence-corrected chi connectivity index (χ2v) is 11.7. The van der Waals surface area contributed by atoms with E-state index in [1.54, 1.807) is 0 Å². The number of hydrogen-bond donors (Lipinski definition) is 1. The van der Waals surface area contributed by atoms with Crippen molar-refractivity contribution in [3.8, 4) is 23.0 Å². The van der Waals surface area contributed by atoms with Gasteiger partial charge in [-0.1, -0.05) is 24.3 Å². The topological polar surface area (TPSA) is 90.4 Å². The second kappa shape index (κ2) is 10.3. The van der Waals surface area contributed by atoms with Crippen LogP contribution in [0.1, 0.15) is 43.2 Å². The monoisotopic (exact) mass is 565 g/mol. The highest BCUT2D eigenvalue weighted by Crippen LogP contribution is 2.49. The van der Waals surface area contributed by atoms with Crippen molar-refractivity contribution in [3.63, 3.8) is 0 Å². The van der Waals surface area contributed by atoms with E-state index in [1.807, 2.05) is 4.72 Å². The zero-order valence-electron chi connectivity index (χ0n) is 21.1. The molecule has 7 nitrogen and oxygen atoms in total. The molecule has 0 radical (unpaired) electrons. The third kappa shape index (κ3) is 5.95. The molecular weight excluding hydrogens is 538 g/mol. The zero-order valence-corrected chi connectivity index (χ0v) is 21.9. The number of alkyl halides is 3. The molecule has 0 aliphatic heterocycles. The van der Waals surface area contributed by atoms with Gasteiger partial charge in [0.1, 0.15) is 23.3 Å².